The number of hydrogen-bond donors (Lipinski definition) is 2. The van der Waals surface area contributed by atoms with Crippen LogP contribution in [0.5, 0.6) is 0 Å². The third kappa shape index (κ3) is 3.69. The van der Waals surface area contributed by atoms with Crippen molar-refractivity contribution in [2.75, 3.05) is 18.1 Å². The monoisotopic (exact) mass is 271 g/mol. The Kier molecular flexibility index (Phi) is 4.33. The maximum atomic E-state index is 11.7. The molecule has 0 saturated carbocycles. The molecule has 1 saturated heterocycles. The molecule has 1 aliphatic rings. The van der Waals surface area contributed by atoms with Gasteiger partial charge in [-0.2, -0.15) is 0 Å². The van der Waals surface area contributed by atoms with E-state index in [1.807, 2.05) is 0 Å². The number of sulfone groups is 1. The number of aliphatic hydroxyl groups is 1. The molecule has 0 aromatic heterocycles. The molecule has 0 bridgehead atoms. The molecule has 0 spiro atoms. The number of aliphatic hydroxyl groups excluding tert-OH is 1. The lowest BCUT2D eigenvalue weighted by Gasteiger charge is -2.23. The number of rotatable bonds is 4. The smallest absolute Gasteiger partial charge is 0.214 e. The van der Waals surface area contributed by atoms with E-state index in [1.54, 1.807) is 6.92 Å². The highest BCUT2D eigenvalue weighted by Gasteiger charge is 2.33. The van der Waals surface area contributed by atoms with E-state index in [-0.39, 0.29) is 31.0 Å². The van der Waals surface area contributed by atoms with Crippen LogP contribution in [0.25, 0.3) is 0 Å². The highest BCUT2D eigenvalue weighted by Crippen LogP contribution is 2.18. The maximum absolute atomic E-state index is 11.7. The SMILES string of the molecule is C[C@@H](CO)NS(=O)(=O)C1CCS(=O)(=O)CC1. The van der Waals surface area contributed by atoms with Crippen LogP contribution < -0.4 is 4.72 Å². The van der Waals surface area contributed by atoms with Crippen molar-refractivity contribution in [3.8, 4) is 0 Å². The highest BCUT2D eigenvalue weighted by atomic mass is 32.2. The summed E-state index contributed by atoms with van der Waals surface area (Å²) in [5.74, 6) is -0.155. The Balaban J connectivity index is 2.65. The van der Waals surface area contributed by atoms with Gasteiger partial charge in [0.15, 0.2) is 0 Å². The molecular formula is C8H17NO5S2. The summed E-state index contributed by atoms with van der Waals surface area (Å²) in [7, 11) is -6.57. The van der Waals surface area contributed by atoms with Gasteiger partial charge in [0.25, 0.3) is 0 Å². The van der Waals surface area contributed by atoms with Crippen molar-refractivity contribution in [3.63, 3.8) is 0 Å². The summed E-state index contributed by atoms with van der Waals surface area (Å²) in [5.41, 5.74) is 0. The van der Waals surface area contributed by atoms with Gasteiger partial charge in [-0.3, -0.25) is 0 Å². The minimum absolute atomic E-state index is 0.0773. The van der Waals surface area contributed by atoms with Crippen LogP contribution in [-0.2, 0) is 19.9 Å². The number of hydrogen-bond acceptors (Lipinski definition) is 5. The van der Waals surface area contributed by atoms with Crippen LogP contribution in [0.2, 0.25) is 0 Å². The molecule has 1 fully saturated rings. The lowest BCUT2D eigenvalue weighted by Crippen LogP contribution is -2.44. The first kappa shape index (κ1) is 13.9. The van der Waals surface area contributed by atoms with E-state index in [0.29, 0.717) is 0 Å². The van der Waals surface area contributed by atoms with Crippen molar-refractivity contribution >= 4 is 19.9 Å². The molecule has 0 aromatic carbocycles. The fourth-order valence-electron chi connectivity index (χ4n) is 1.59. The molecular weight excluding hydrogens is 254 g/mol. The summed E-state index contributed by atoms with van der Waals surface area (Å²) in [5, 5.41) is 8.09. The van der Waals surface area contributed by atoms with Crippen molar-refractivity contribution in [1.29, 1.82) is 0 Å². The van der Waals surface area contributed by atoms with Gasteiger partial charge in [-0.05, 0) is 19.8 Å². The summed E-state index contributed by atoms with van der Waals surface area (Å²) in [6.07, 6.45) is 0.269. The molecule has 8 heteroatoms. The van der Waals surface area contributed by atoms with E-state index in [0.717, 1.165) is 0 Å². The van der Waals surface area contributed by atoms with Crippen molar-refractivity contribution in [3.05, 3.63) is 0 Å². The fourth-order valence-corrected chi connectivity index (χ4v) is 5.07. The van der Waals surface area contributed by atoms with Gasteiger partial charge in [-0.25, -0.2) is 21.6 Å². The van der Waals surface area contributed by atoms with Crippen molar-refractivity contribution in [2.45, 2.75) is 31.1 Å². The zero-order valence-electron chi connectivity index (χ0n) is 9.09. The Bertz CT molecular complexity index is 413. The van der Waals surface area contributed by atoms with Crippen LogP contribution in [0.1, 0.15) is 19.8 Å². The van der Waals surface area contributed by atoms with Crippen molar-refractivity contribution in [2.24, 2.45) is 0 Å². The Morgan fingerprint density at radius 3 is 2.31 bits per heavy atom. The average Bonchev–Trinajstić information content (AvgIpc) is 2.16. The van der Waals surface area contributed by atoms with Gasteiger partial charge in [-0.1, -0.05) is 0 Å². The van der Waals surface area contributed by atoms with Crippen molar-refractivity contribution in [1.82, 2.24) is 4.72 Å². The summed E-state index contributed by atoms with van der Waals surface area (Å²) in [6, 6.07) is -0.538. The van der Waals surface area contributed by atoms with Crippen LogP contribution in [0.4, 0.5) is 0 Å². The number of sulfonamides is 1. The van der Waals surface area contributed by atoms with Gasteiger partial charge in [0.2, 0.25) is 10.0 Å². The molecule has 1 rings (SSSR count). The highest BCUT2D eigenvalue weighted by molar-refractivity contribution is 7.92. The molecule has 0 amide bonds. The molecule has 1 atom stereocenters. The first-order chi connectivity index (χ1) is 7.27. The topological polar surface area (TPSA) is 101 Å². The van der Waals surface area contributed by atoms with E-state index < -0.39 is 31.2 Å². The fraction of sp³-hybridized carbons (Fsp3) is 1.00. The second-order valence-corrected chi connectivity index (χ2v) is 8.39. The van der Waals surface area contributed by atoms with E-state index in [2.05, 4.69) is 4.72 Å². The minimum atomic E-state index is -3.52. The molecule has 0 aromatic rings. The standard InChI is InChI=1S/C8H17NO5S2/c1-7(6-10)9-16(13,14)8-2-4-15(11,12)5-3-8/h7-10H,2-6H2,1H3/t7-/m0/s1. The first-order valence-corrected chi connectivity index (χ1v) is 8.46. The largest absolute Gasteiger partial charge is 0.395 e. The third-order valence-electron chi connectivity index (χ3n) is 2.58. The molecule has 0 unspecified atom stereocenters. The summed E-state index contributed by atoms with van der Waals surface area (Å²) in [6.45, 7) is 1.28. The zero-order valence-corrected chi connectivity index (χ0v) is 10.7. The zero-order chi connectivity index (χ0) is 12.4. The first-order valence-electron chi connectivity index (χ1n) is 5.09. The van der Waals surface area contributed by atoms with Crippen LogP contribution in [-0.4, -0.2) is 51.3 Å². The molecule has 16 heavy (non-hydrogen) atoms. The predicted octanol–water partition coefficient (Wildman–Crippen LogP) is -1.14. The van der Waals surface area contributed by atoms with Gasteiger partial charge in [0.1, 0.15) is 9.84 Å². The summed E-state index contributed by atoms with van der Waals surface area (Å²) in [4.78, 5) is 0. The van der Waals surface area contributed by atoms with Gasteiger partial charge >= 0.3 is 0 Å². The second-order valence-electron chi connectivity index (χ2n) is 4.10. The van der Waals surface area contributed by atoms with Crippen molar-refractivity contribution < 1.29 is 21.9 Å². The summed E-state index contributed by atoms with van der Waals surface area (Å²) >= 11 is 0. The maximum Gasteiger partial charge on any atom is 0.214 e. The Hall–Kier alpha value is -0.180. The Morgan fingerprint density at radius 1 is 1.38 bits per heavy atom. The second kappa shape index (κ2) is 4.99. The molecule has 96 valence electrons. The Morgan fingerprint density at radius 2 is 1.88 bits per heavy atom. The van der Waals surface area contributed by atoms with Crippen LogP contribution in [0, 0.1) is 0 Å². The Labute approximate surface area is 96.0 Å². The average molecular weight is 271 g/mol. The third-order valence-corrected chi connectivity index (χ3v) is 6.38. The lowest BCUT2D eigenvalue weighted by molar-refractivity contribution is 0.265. The van der Waals surface area contributed by atoms with E-state index in [4.69, 9.17) is 5.11 Å². The van der Waals surface area contributed by atoms with E-state index >= 15 is 0 Å². The molecule has 0 radical (unpaired) electrons. The molecule has 6 nitrogen and oxygen atoms in total. The minimum Gasteiger partial charge on any atom is -0.395 e. The summed E-state index contributed by atoms with van der Waals surface area (Å²) < 4.78 is 48.1. The predicted molar refractivity (Wildman–Crippen MR) is 60.3 cm³/mol. The van der Waals surface area contributed by atoms with Gasteiger partial charge in [0.05, 0.1) is 23.4 Å². The van der Waals surface area contributed by atoms with E-state index in [9.17, 15) is 16.8 Å². The molecule has 1 heterocycles. The van der Waals surface area contributed by atoms with Gasteiger partial charge < -0.3 is 5.11 Å². The van der Waals surface area contributed by atoms with Crippen LogP contribution in [0.3, 0.4) is 0 Å². The normalized spacial score (nSPS) is 24.1. The molecule has 1 aliphatic heterocycles. The van der Waals surface area contributed by atoms with Gasteiger partial charge in [-0.15, -0.1) is 0 Å². The van der Waals surface area contributed by atoms with Gasteiger partial charge in [0, 0.05) is 6.04 Å². The van der Waals surface area contributed by atoms with E-state index in [1.165, 1.54) is 0 Å². The molecule has 2 N–H and O–H groups in total. The molecule has 0 aliphatic carbocycles. The quantitative estimate of drug-likeness (QED) is 0.673. The number of nitrogens with one attached hydrogen (secondary N) is 1. The lowest BCUT2D eigenvalue weighted by atomic mass is 10.2. The van der Waals surface area contributed by atoms with Crippen LogP contribution >= 0.6 is 0 Å². The van der Waals surface area contributed by atoms with Crippen LogP contribution in [0.15, 0.2) is 0 Å².